The number of rotatable bonds is 7. The fraction of sp³-hybridized carbons (Fsp3) is 0.931. The number of aliphatic hydroxyl groups is 2. The van der Waals surface area contributed by atoms with Crippen molar-refractivity contribution >= 4 is 37.3 Å². The molecule has 12 heteroatoms. The average molecular weight is 632 g/mol. The molecule has 0 bridgehead atoms. The van der Waals surface area contributed by atoms with Crippen LogP contribution in [0.1, 0.15) is 69.2 Å². The second-order valence-corrected chi connectivity index (χ2v) is 30.2. The van der Waals surface area contributed by atoms with Crippen molar-refractivity contribution < 1.29 is 29.0 Å². The lowest BCUT2D eigenvalue weighted by molar-refractivity contribution is -0.186. The van der Waals surface area contributed by atoms with Gasteiger partial charge in [-0.25, -0.2) is 4.79 Å². The van der Waals surface area contributed by atoms with Gasteiger partial charge in [-0.15, -0.1) is 0 Å². The maximum Gasteiger partial charge on any atom is 0.321 e. The van der Waals surface area contributed by atoms with Gasteiger partial charge in [0, 0.05) is 13.2 Å². The first-order chi connectivity index (χ1) is 18.0. The molecule has 0 spiro atoms. The van der Waals surface area contributed by atoms with Crippen molar-refractivity contribution in [1.82, 2.24) is 9.47 Å². The predicted molar refractivity (Wildman–Crippen MR) is 173 cm³/mol. The van der Waals surface area contributed by atoms with Crippen LogP contribution in [0.5, 0.6) is 0 Å². The van der Waals surface area contributed by atoms with Crippen molar-refractivity contribution in [3.8, 4) is 0 Å². The molecule has 41 heavy (non-hydrogen) atoms. The van der Waals surface area contributed by atoms with Crippen LogP contribution < -0.4 is 5.73 Å². The van der Waals surface area contributed by atoms with Crippen molar-refractivity contribution in [2.24, 2.45) is 22.5 Å². The Labute approximate surface area is 253 Å². The van der Waals surface area contributed by atoms with Gasteiger partial charge in [-0.1, -0.05) is 88.5 Å². The van der Waals surface area contributed by atoms with Crippen LogP contribution in [0.15, 0.2) is 0 Å². The standard InChI is InChI=1S/C29H61N3O6Si3/c1-25(2,3)28(10)18-31(24(36)32(23(28)35)41(15,16)27(7,8)9)29(30)19(17-37-39(11)12)20(33)21(38-29)22(34)40(13,14)26(4,5)6/h19-22,33-34,39H,17-18,30H2,1-16H3/t19?,20-,21-,22?,28?,29-/m0/s1. The number of amides is 3. The predicted octanol–water partition coefficient (Wildman–Crippen LogP) is 4.71. The number of hydrogen-bond acceptors (Lipinski definition) is 7. The summed E-state index contributed by atoms with van der Waals surface area (Å²) in [5.41, 5.74) is 4.74. The highest BCUT2D eigenvalue weighted by molar-refractivity contribution is 6.82. The van der Waals surface area contributed by atoms with Gasteiger partial charge in [-0.2, -0.15) is 0 Å². The second-order valence-electron chi connectivity index (χ2n) is 17.1. The van der Waals surface area contributed by atoms with Gasteiger partial charge in [-0.05, 0) is 35.5 Å². The summed E-state index contributed by atoms with van der Waals surface area (Å²) in [5, 5.41) is 23.1. The molecule has 2 fully saturated rings. The van der Waals surface area contributed by atoms with E-state index in [1.165, 1.54) is 9.47 Å². The SMILES string of the molecule is C[SiH](C)OCC1[C@H](O)[C@@H](C(O)[Si](C)(C)C(C)(C)C)O[C@@]1(N)N1CC(C)(C(C)(C)C)C(=O)N([Si](C)(C)C(C)(C)C)C1=O. The minimum Gasteiger partial charge on any atom is -0.420 e. The number of urea groups is 1. The van der Waals surface area contributed by atoms with Crippen molar-refractivity contribution in [3.63, 3.8) is 0 Å². The molecular formula is C29H61N3O6Si3. The molecular weight excluding hydrogens is 571 g/mol. The third kappa shape index (κ3) is 6.05. The van der Waals surface area contributed by atoms with Crippen LogP contribution in [-0.4, -0.2) is 93.9 Å². The van der Waals surface area contributed by atoms with Gasteiger partial charge >= 0.3 is 6.03 Å². The zero-order chi connectivity index (χ0) is 32.5. The molecule has 4 N–H and O–H groups in total. The van der Waals surface area contributed by atoms with Gasteiger partial charge in [0.2, 0.25) is 11.8 Å². The van der Waals surface area contributed by atoms with Crippen LogP contribution in [0, 0.1) is 16.7 Å². The lowest BCUT2D eigenvalue weighted by atomic mass is 9.66. The van der Waals surface area contributed by atoms with E-state index >= 15 is 0 Å². The van der Waals surface area contributed by atoms with E-state index in [1.54, 1.807) is 0 Å². The molecule has 240 valence electrons. The summed E-state index contributed by atoms with van der Waals surface area (Å²) >= 11 is 0. The molecule has 0 aliphatic carbocycles. The number of carbonyl (C=O) groups is 2. The highest BCUT2D eigenvalue weighted by Gasteiger charge is 2.67. The Morgan fingerprint density at radius 3 is 1.93 bits per heavy atom. The summed E-state index contributed by atoms with van der Waals surface area (Å²) in [5.74, 6) is -2.80. The topological polar surface area (TPSA) is 126 Å². The Balaban J connectivity index is 2.79. The van der Waals surface area contributed by atoms with Gasteiger partial charge in [0.15, 0.2) is 17.3 Å². The van der Waals surface area contributed by atoms with Gasteiger partial charge in [-0.3, -0.25) is 20.0 Å². The van der Waals surface area contributed by atoms with Crippen LogP contribution >= 0.6 is 0 Å². The van der Waals surface area contributed by atoms with E-state index in [-0.39, 0.29) is 29.1 Å². The van der Waals surface area contributed by atoms with Crippen molar-refractivity contribution in [2.75, 3.05) is 13.2 Å². The molecule has 0 aromatic rings. The van der Waals surface area contributed by atoms with Crippen LogP contribution in [0.3, 0.4) is 0 Å². The molecule has 0 aromatic carbocycles. The van der Waals surface area contributed by atoms with Crippen LogP contribution in [0.25, 0.3) is 0 Å². The Morgan fingerprint density at radius 2 is 1.54 bits per heavy atom. The number of nitrogens with two attached hydrogens (primary N) is 1. The molecule has 0 aromatic heterocycles. The Morgan fingerprint density at radius 1 is 1.05 bits per heavy atom. The van der Waals surface area contributed by atoms with Gasteiger partial charge in [0.25, 0.3) is 0 Å². The summed E-state index contributed by atoms with van der Waals surface area (Å²) in [6, 6.07) is -0.493. The molecule has 6 atom stereocenters. The van der Waals surface area contributed by atoms with Crippen LogP contribution in [0.4, 0.5) is 4.79 Å². The Hall–Kier alpha value is -0.609. The van der Waals surface area contributed by atoms with E-state index in [4.69, 9.17) is 14.9 Å². The third-order valence-electron chi connectivity index (χ3n) is 11.2. The van der Waals surface area contributed by atoms with Gasteiger partial charge < -0.3 is 19.4 Å². The smallest absolute Gasteiger partial charge is 0.321 e. The fourth-order valence-electron chi connectivity index (χ4n) is 5.30. The minimum absolute atomic E-state index is 0.0288. The van der Waals surface area contributed by atoms with E-state index in [1.807, 2.05) is 53.9 Å². The first-order valence-corrected chi connectivity index (χ1v) is 23.9. The summed E-state index contributed by atoms with van der Waals surface area (Å²) in [7, 11) is -6.71. The quantitative estimate of drug-likeness (QED) is 0.348. The minimum atomic E-state index is -2.74. The average Bonchev–Trinajstić information content (AvgIpc) is 3.02. The van der Waals surface area contributed by atoms with E-state index in [2.05, 4.69) is 54.6 Å². The molecule has 9 nitrogen and oxygen atoms in total. The molecule has 2 rings (SSSR count). The molecule has 3 amide bonds. The maximum absolute atomic E-state index is 14.6. The third-order valence-corrected chi connectivity index (χ3v) is 23.0. The summed E-state index contributed by atoms with van der Waals surface area (Å²) in [6.45, 7) is 32.8. The lowest BCUT2D eigenvalue weighted by Gasteiger charge is -2.58. The maximum atomic E-state index is 14.6. The number of imide groups is 1. The molecule has 2 saturated heterocycles. The second kappa shape index (κ2) is 11.1. The van der Waals surface area contributed by atoms with E-state index in [0.717, 1.165) is 0 Å². The molecule has 3 unspecified atom stereocenters. The first kappa shape index (κ1) is 36.6. The Bertz CT molecular complexity index is 1000. The van der Waals surface area contributed by atoms with Crippen molar-refractivity contribution in [1.29, 1.82) is 0 Å². The number of aliphatic hydroxyl groups excluding tert-OH is 2. The van der Waals surface area contributed by atoms with Crippen LogP contribution in [-0.2, 0) is 14.0 Å². The molecule has 0 saturated carbocycles. The summed E-state index contributed by atoms with van der Waals surface area (Å²) < 4.78 is 14.2. The first-order valence-electron chi connectivity index (χ1n) is 15.1. The Kier molecular flexibility index (Phi) is 9.88. The van der Waals surface area contributed by atoms with Gasteiger partial charge in [0.05, 0.1) is 31.2 Å². The van der Waals surface area contributed by atoms with Crippen LogP contribution in [0.2, 0.25) is 49.4 Å². The number of hydrogen-bond donors (Lipinski definition) is 3. The fourth-order valence-corrected chi connectivity index (χ4v) is 9.89. The lowest BCUT2D eigenvalue weighted by Crippen LogP contribution is -2.78. The van der Waals surface area contributed by atoms with Gasteiger partial charge in [0.1, 0.15) is 6.10 Å². The zero-order valence-electron chi connectivity index (χ0n) is 28.8. The van der Waals surface area contributed by atoms with E-state index in [0.29, 0.717) is 0 Å². The zero-order valence-corrected chi connectivity index (χ0v) is 32.0. The van der Waals surface area contributed by atoms with Crippen molar-refractivity contribution in [2.45, 2.75) is 142 Å². The number of ether oxygens (including phenoxy) is 1. The monoisotopic (exact) mass is 631 g/mol. The highest BCUT2D eigenvalue weighted by Crippen LogP contribution is 2.51. The summed E-state index contributed by atoms with van der Waals surface area (Å²) in [4.78, 5) is 30.4. The molecule has 2 heterocycles. The molecule has 2 aliphatic heterocycles. The summed E-state index contributed by atoms with van der Waals surface area (Å²) in [6.07, 6.45) is -2.17. The van der Waals surface area contributed by atoms with E-state index in [9.17, 15) is 19.8 Å². The molecule has 0 radical (unpaired) electrons. The van der Waals surface area contributed by atoms with Crippen molar-refractivity contribution in [3.05, 3.63) is 0 Å². The highest BCUT2D eigenvalue weighted by atomic mass is 28.3. The number of carbonyl (C=O) groups excluding carboxylic acids is 2. The van der Waals surface area contributed by atoms with E-state index < -0.39 is 71.9 Å². The normalized spacial score (nSPS) is 31.9. The largest absolute Gasteiger partial charge is 0.420 e. The molecule has 2 aliphatic rings. The number of nitrogens with zero attached hydrogens (tertiary/aromatic N) is 2.